The Morgan fingerprint density at radius 1 is 1.26 bits per heavy atom. The van der Waals surface area contributed by atoms with E-state index in [9.17, 15) is 0 Å². The molecule has 0 saturated heterocycles. The van der Waals surface area contributed by atoms with Crippen LogP contribution in [0.3, 0.4) is 0 Å². The number of aryl methyl sites for hydroxylation is 1. The summed E-state index contributed by atoms with van der Waals surface area (Å²) in [4.78, 5) is 0. The average Bonchev–Trinajstić information content (AvgIpc) is 2.87. The molecule has 7 heteroatoms. The first kappa shape index (κ1) is 17.4. The van der Waals surface area contributed by atoms with Crippen molar-refractivity contribution in [3.8, 4) is 0 Å². The number of halogens is 2. The van der Waals surface area contributed by atoms with Crippen LogP contribution in [0.2, 0.25) is 5.02 Å². The highest BCUT2D eigenvalue weighted by molar-refractivity contribution is 6.31. The minimum absolute atomic E-state index is 0. The van der Waals surface area contributed by atoms with E-state index < -0.39 is 0 Å². The molecule has 2 aromatic rings. The fourth-order valence-corrected chi connectivity index (χ4v) is 3.19. The highest BCUT2D eigenvalue weighted by Crippen LogP contribution is 2.37. The molecule has 1 atom stereocenters. The van der Waals surface area contributed by atoms with Gasteiger partial charge < -0.3 is 15.9 Å². The molecule has 0 bridgehead atoms. The van der Waals surface area contributed by atoms with Crippen molar-refractivity contribution in [3.05, 3.63) is 58.0 Å². The third kappa shape index (κ3) is 3.51. The highest BCUT2D eigenvalue weighted by Gasteiger charge is 2.30. The zero-order valence-corrected chi connectivity index (χ0v) is 14.2. The number of fused-ring (bicyclic) bond motifs is 1. The topological polar surface area (TPSA) is 89.9 Å². The first-order chi connectivity index (χ1) is 10.6. The second kappa shape index (κ2) is 7.06. The van der Waals surface area contributed by atoms with Crippen molar-refractivity contribution in [2.45, 2.75) is 25.7 Å². The maximum atomic E-state index is 6.33. The molecule has 122 valence electrons. The van der Waals surface area contributed by atoms with Crippen LogP contribution < -0.4 is 11.5 Å². The second-order valence-corrected chi connectivity index (χ2v) is 5.82. The van der Waals surface area contributed by atoms with E-state index in [4.69, 9.17) is 27.5 Å². The van der Waals surface area contributed by atoms with Gasteiger partial charge in [-0.3, -0.25) is 0 Å². The number of nitrogens with zero attached hydrogens (tertiary/aromatic N) is 2. The lowest BCUT2D eigenvalue weighted by atomic mass is 9.81. The monoisotopic (exact) mass is 352 g/mol. The van der Waals surface area contributed by atoms with Crippen molar-refractivity contribution in [1.29, 1.82) is 0 Å². The third-order valence-corrected chi connectivity index (χ3v) is 4.19. The predicted octanol–water partition coefficient (Wildman–Crippen LogP) is 3.37. The van der Waals surface area contributed by atoms with Crippen LogP contribution in [-0.4, -0.2) is 11.7 Å². The average molecular weight is 353 g/mol. The third-order valence-electron chi connectivity index (χ3n) is 3.84. The Hall–Kier alpha value is -1.98. The van der Waals surface area contributed by atoms with E-state index in [1.54, 1.807) is 6.26 Å². The van der Waals surface area contributed by atoms with Crippen LogP contribution >= 0.6 is 24.0 Å². The molecule has 23 heavy (non-hydrogen) atoms. The van der Waals surface area contributed by atoms with E-state index >= 15 is 0 Å². The van der Waals surface area contributed by atoms with E-state index in [1.807, 2.05) is 31.2 Å². The van der Waals surface area contributed by atoms with Gasteiger partial charge in [0.15, 0.2) is 0 Å². The summed E-state index contributed by atoms with van der Waals surface area (Å²) >= 11 is 6.33. The van der Waals surface area contributed by atoms with Gasteiger partial charge in [0.2, 0.25) is 5.96 Å². The number of rotatable bonds is 2. The summed E-state index contributed by atoms with van der Waals surface area (Å²) < 4.78 is 5.68. The molecule has 1 aromatic carbocycles. The van der Waals surface area contributed by atoms with E-state index in [1.165, 1.54) is 0 Å². The van der Waals surface area contributed by atoms with Crippen LogP contribution in [0.15, 0.2) is 45.1 Å². The molecular formula is C16H18Cl2N4O. The molecular weight excluding hydrogens is 335 g/mol. The molecule has 4 N–H and O–H groups in total. The Kier molecular flexibility index (Phi) is 5.34. The van der Waals surface area contributed by atoms with Crippen molar-refractivity contribution >= 4 is 35.7 Å². The number of nitrogens with two attached hydrogens (primary N) is 2. The van der Waals surface area contributed by atoms with Gasteiger partial charge in [0.05, 0.1) is 12.0 Å². The number of furan rings is 1. The zero-order chi connectivity index (χ0) is 15.7. The molecule has 1 unspecified atom stereocenters. The quantitative estimate of drug-likeness (QED) is 0.493. The molecule has 1 aliphatic carbocycles. The van der Waals surface area contributed by atoms with Crippen molar-refractivity contribution in [2.24, 2.45) is 21.7 Å². The lowest BCUT2D eigenvalue weighted by molar-refractivity contribution is 0.480. The van der Waals surface area contributed by atoms with Gasteiger partial charge in [-0.1, -0.05) is 29.8 Å². The molecule has 0 spiro atoms. The van der Waals surface area contributed by atoms with E-state index in [0.717, 1.165) is 39.6 Å². The van der Waals surface area contributed by atoms with Gasteiger partial charge in [0.1, 0.15) is 5.76 Å². The van der Waals surface area contributed by atoms with Gasteiger partial charge in [-0.05, 0) is 36.5 Å². The molecule has 0 aliphatic heterocycles. The molecule has 1 heterocycles. The summed E-state index contributed by atoms with van der Waals surface area (Å²) in [5.74, 6) is 1.04. The minimum Gasteiger partial charge on any atom is -0.468 e. The van der Waals surface area contributed by atoms with Crippen LogP contribution in [0.25, 0.3) is 0 Å². The predicted molar refractivity (Wildman–Crippen MR) is 95.6 cm³/mol. The Bertz CT molecular complexity index is 763. The smallest absolute Gasteiger partial charge is 0.211 e. The van der Waals surface area contributed by atoms with Crippen molar-refractivity contribution < 1.29 is 4.42 Å². The van der Waals surface area contributed by atoms with Crippen LogP contribution in [0.1, 0.15) is 34.8 Å². The molecule has 5 nitrogen and oxygen atoms in total. The molecule has 0 fully saturated rings. The first-order valence-electron chi connectivity index (χ1n) is 7.03. The Labute approximate surface area is 145 Å². The summed E-state index contributed by atoms with van der Waals surface area (Å²) in [6.07, 6.45) is 3.24. The SMILES string of the molecule is Cc1coc2c1/C(=N/N=C(N)N)CC(c1ccccc1Cl)C2.Cl. The first-order valence-corrected chi connectivity index (χ1v) is 7.41. The van der Waals surface area contributed by atoms with Crippen molar-refractivity contribution in [1.82, 2.24) is 0 Å². The van der Waals surface area contributed by atoms with E-state index in [-0.39, 0.29) is 24.3 Å². The fraction of sp³-hybridized carbons (Fsp3) is 0.250. The number of hydrogen-bond acceptors (Lipinski definition) is 3. The van der Waals surface area contributed by atoms with E-state index in [0.29, 0.717) is 6.42 Å². The largest absolute Gasteiger partial charge is 0.468 e. The summed E-state index contributed by atoms with van der Waals surface area (Å²) in [5.41, 5.74) is 14.7. The standard InChI is InChI=1S/C16H17ClN4O.ClH/c1-9-8-22-14-7-10(11-4-2-3-5-12(11)17)6-13(15(9)14)20-21-16(18)19;/h2-5,8,10H,6-7H2,1H3,(H4,18,19,21);1H/b20-13+;. The highest BCUT2D eigenvalue weighted by atomic mass is 35.5. The van der Waals surface area contributed by atoms with Gasteiger partial charge in [0, 0.05) is 17.0 Å². The summed E-state index contributed by atoms with van der Waals surface area (Å²) in [6, 6.07) is 7.83. The van der Waals surface area contributed by atoms with Crippen LogP contribution in [0, 0.1) is 6.92 Å². The Morgan fingerprint density at radius 2 is 2.00 bits per heavy atom. The maximum Gasteiger partial charge on any atom is 0.211 e. The van der Waals surface area contributed by atoms with E-state index in [2.05, 4.69) is 10.2 Å². The van der Waals surface area contributed by atoms with Gasteiger partial charge in [0.25, 0.3) is 0 Å². The number of benzene rings is 1. The summed E-state index contributed by atoms with van der Waals surface area (Å²) in [7, 11) is 0. The van der Waals surface area contributed by atoms with Crippen LogP contribution in [0.5, 0.6) is 0 Å². The van der Waals surface area contributed by atoms with Crippen molar-refractivity contribution in [3.63, 3.8) is 0 Å². The molecule has 0 radical (unpaired) electrons. The molecule has 1 aliphatic rings. The lowest BCUT2D eigenvalue weighted by Crippen LogP contribution is -2.23. The van der Waals surface area contributed by atoms with Crippen molar-refractivity contribution in [2.75, 3.05) is 0 Å². The van der Waals surface area contributed by atoms with Gasteiger partial charge in [-0.2, -0.15) is 5.10 Å². The Morgan fingerprint density at radius 3 is 2.70 bits per heavy atom. The molecule has 0 amide bonds. The lowest BCUT2D eigenvalue weighted by Gasteiger charge is -2.23. The number of hydrogen-bond donors (Lipinski definition) is 2. The Balaban J connectivity index is 0.00000192. The van der Waals surface area contributed by atoms with Gasteiger partial charge in [-0.15, -0.1) is 17.5 Å². The summed E-state index contributed by atoms with van der Waals surface area (Å²) in [5, 5.41) is 8.77. The van der Waals surface area contributed by atoms with Crippen LogP contribution in [-0.2, 0) is 6.42 Å². The normalized spacial score (nSPS) is 18.2. The van der Waals surface area contributed by atoms with Crippen LogP contribution in [0.4, 0.5) is 0 Å². The van der Waals surface area contributed by atoms with Gasteiger partial charge in [-0.25, -0.2) is 0 Å². The summed E-state index contributed by atoms with van der Waals surface area (Å²) in [6.45, 7) is 1.99. The molecule has 1 aromatic heterocycles. The second-order valence-electron chi connectivity index (χ2n) is 5.42. The number of guanidine groups is 1. The zero-order valence-electron chi connectivity index (χ0n) is 12.6. The fourth-order valence-electron chi connectivity index (χ4n) is 2.90. The molecule has 3 rings (SSSR count). The van der Waals surface area contributed by atoms with Gasteiger partial charge >= 0.3 is 0 Å². The maximum absolute atomic E-state index is 6.33. The molecule has 0 saturated carbocycles. The minimum atomic E-state index is -0.0601.